The number of anilines is 1. The minimum Gasteiger partial charge on any atom is -0.353 e. The van der Waals surface area contributed by atoms with Crippen molar-refractivity contribution < 1.29 is 0 Å². The molecular weight excluding hydrogens is 254 g/mol. The van der Waals surface area contributed by atoms with Crippen molar-refractivity contribution in [3.63, 3.8) is 0 Å². The van der Waals surface area contributed by atoms with Crippen molar-refractivity contribution in [1.29, 1.82) is 0 Å². The summed E-state index contributed by atoms with van der Waals surface area (Å²) < 4.78 is 4.44. The van der Waals surface area contributed by atoms with Crippen LogP contribution >= 0.6 is 11.5 Å². The maximum absolute atomic E-state index is 4.59. The third-order valence-electron chi connectivity index (χ3n) is 3.00. The monoisotopic (exact) mass is 275 g/mol. The van der Waals surface area contributed by atoms with E-state index in [4.69, 9.17) is 0 Å². The third kappa shape index (κ3) is 3.53. The molecule has 0 fully saturated rings. The normalized spacial score (nSPS) is 13.3. The zero-order valence-electron chi connectivity index (χ0n) is 12.0. The Labute approximate surface area is 119 Å². The molecule has 0 spiro atoms. The maximum Gasteiger partial charge on any atom is 0.203 e. The van der Waals surface area contributed by atoms with Crippen LogP contribution in [0.2, 0.25) is 0 Å². The van der Waals surface area contributed by atoms with E-state index in [0.29, 0.717) is 6.04 Å². The van der Waals surface area contributed by atoms with Crippen LogP contribution in [0.25, 0.3) is 0 Å². The summed E-state index contributed by atoms with van der Waals surface area (Å²) in [7, 11) is 0. The van der Waals surface area contributed by atoms with E-state index in [9.17, 15) is 0 Å². The van der Waals surface area contributed by atoms with Crippen molar-refractivity contribution in [3.8, 4) is 0 Å². The van der Waals surface area contributed by atoms with E-state index in [1.807, 2.05) is 6.07 Å². The molecule has 0 amide bonds. The predicted molar refractivity (Wildman–Crippen MR) is 81.7 cm³/mol. The Morgan fingerprint density at radius 2 is 1.89 bits per heavy atom. The summed E-state index contributed by atoms with van der Waals surface area (Å²) in [6.07, 6.45) is 1.02. The van der Waals surface area contributed by atoms with E-state index < -0.39 is 0 Å². The smallest absolute Gasteiger partial charge is 0.203 e. The fourth-order valence-electron chi connectivity index (χ4n) is 1.84. The summed E-state index contributed by atoms with van der Waals surface area (Å²) in [6.45, 7) is 8.57. The fraction of sp³-hybridized carbons (Fsp3) is 0.467. The Balaban J connectivity index is 2.13. The standard InChI is InChI=1S/C15H21N3S/c1-5-12(11-9-7-6-8-10-11)16-14-17-13(18-19-14)15(2,3)4/h6-10,12H,5H2,1-4H3,(H,16,17,18). The van der Waals surface area contributed by atoms with E-state index in [0.717, 1.165) is 17.4 Å². The minimum absolute atomic E-state index is 0.00485. The van der Waals surface area contributed by atoms with Crippen LogP contribution in [-0.4, -0.2) is 9.36 Å². The van der Waals surface area contributed by atoms with Gasteiger partial charge in [-0.15, -0.1) is 0 Å². The molecule has 2 rings (SSSR count). The lowest BCUT2D eigenvalue weighted by atomic mass is 9.96. The SMILES string of the molecule is CCC(Nc1nc(C(C)(C)C)ns1)c1ccccc1. The molecule has 1 N–H and O–H groups in total. The van der Waals surface area contributed by atoms with Crippen LogP contribution in [0, 0.1) is 0 Å². The molecule has 0 bridgehead atoms. The molecule has 1 atom stereocenters. The number of hydrogen-bond acceptors (Lipinski definition) is 4. The van der Waals surface area contributed by atoms with Gasteiger partial charge in [-0.25, -0.2) is 4.98 Å². The van der Waals surface area contributed by atoms with Crippen molar-refractivity contribution in [2.75, 3.05) is 5.32 Å². The van der Waals surface area contributed by atoms with Crippen LogP contribution in [0.5, 0.6) is 0 Å². The lowest BCUT2D eigenvalue weighted by Gasteiger charge is -2.16. The summed E-state index contributed by atoms with van der Waals surface area (Å²) in [4.78, 5) is 4.59. The number of rotatable bonds is 4. The van der Waals surface area contributed by atoms with Gasteiger partial charge in [-0.2, -0.15) is 4.37 Å². The number of nitrogens with one attached hydrogen (secondary N) is 1. The summed E-state index contributed by atoms with van der Waals surface area (Å²) in [5, 5.41) is 4.39. The zero-order chi connectivity index (χ0) is 13.9. The first-order valence-corrected chi connectivity index (χ1v) is 7.43. The molecule has 0 radical (unpaired) electrons. The second-order valence-corrected chi connectivity index (χ2v) is 6.44. The fourth-order valence-corrected chi connectivity index (χ4v) is 2.65. The Bertz CT molecular complexity index is 514. The Kier molecular flexibility index (Phi) is 4.20. The van der Waals surface area contributed by atoms with E-state index in [1.165, 1.54) is 17.1 Å². The number of nitrogens with zero attached hydrogens (tertiary/aromatic N) is 2. The molecule has 1 aromatic carbocycles. The maximum atomic E-state index is 4.59. The molecule has 0 aliphatic rings. The highest BCUT2D eigenvalue weighted by atomic mass is 32.1. The van der Waals surface area contributed by atoms with Crippen LogP contribution in [-0.2, 0) is 5.41 Å². The first kappa shape index (κ1) is 14.0. The molecule has 102 valence electrons. The van der Waals surface area contributed by atoms with Crippen molar-refractivity contribution in [2.24, 2.45) is 0 Å². The number of hydrogen-bond donors (Lipinski definition) is 1. The average Bonchev–Trinajstić information content (AvgIpc) is 2.85. The van der Waals surface area contributed by atoms with Crippen LogP contribution in [0.3, 0.4) is 0 Å². The highest BCUT2D eigenvalue weighted by Crippen LogP contribution is 2.27. The van der Waals surface area contributed by atoms with Crippen molar-refractivity contribution >= 4 is 16.7 Å². The predicted octanol–water partition coefficient (Wildman–Crippen LogP) is 4.40. The first-order chi connectivity index (χ1) is 9.00. The van der Waals surface area contributed by atoms with Gasteiger partial charge < -0.3 is 5.32 Å². The van der Waals surface area contributed by atoms with Gasteiger partial charge in [0.15, 0.2) is 0 Å². The van der Waals surface area contributed by atoms with Gasteiger partial charge >= 0.3 is 0 Å². The largest absolute Gasteiger partial charge is 0.353 e. The molecule has 1 aromatic heterocycles. The van der Waals surface area contributed by atoms with Crippen molar-refractivity contribution in [3.05, 3.63) is 41.7 Å². The van der Waals surface area contributed by atoms with Crippen molar-refractivity contribution in [1.82, 2.24) is 9.36 Å². The van der Waals surface area contributed by atoms with Gasteiger partial charge in [-0.3, -0.25) is 0 Å². The Hall–Kier alpha value is -1.42. The first-order valence-electron chi connectivity index (χ1n) is 6.66. The third-order valence-corrected chi connectivity index (χ3v) is 3.65. The average molecular weight is 275 g/mol. The molecule has 3 nitrogen and oxygen atoms in total. The molecule has 0 aliphatic heterocycles. The molecule has 1 heterocycles. The number of benzene rings is 1. The highest BCUT2D eigenvalue weighted by molar-refractivity contribution is 7.09. The van der Waals surface area contributed by atoms with Crippen LogP contribution in [0.15, 0.2) is 30.3 Å². The molecule has 0 saturated heterocycles. The lowest BCUT2D eigenvalue weighted by molar-refractivity contribution is 0.554. The molecule has 0 aliphatic carbocycles. The van der Waals surface area contributed by atoms with Gasteiger partial charge in [0.25, 0.3) is 0 Å². The quantitative estimate of drug-likeness (QED) is 0.898. The van der Waals surface area contributed by atoms with Gasteiger partial charge in [0.1, 0.15) is 5.82 Å². The van der Waals surface area contributed by atoms with Crippen LogP contribution < -0.4 is 5.32 Å². The van der Waals surface area contributed by atoms with Gasteiger partial charge in [-0.05, 0) is 12.0 Å². The van der Waals surface area contributed by atoms with Gasteiger partial charge in [-0.1, -0.05) is 58.0 Å². The van der Waals surface area contributed by atoms with Crippen LogP contribution in [0.4, 0.5) is 5.13 Å². The molecule has 4 heteroatoms. The minimum atomic E-state index is 0.00485. The zero-order valence-corrected chi connectivity index (χ0v) is 12.8. The summed E-state index contributed by atoms with van der Waals surface area (Å²) in [5.74, 6) is 0.905. The number of aromatic nitrogens is 2. The molecule has 19 heavy (non-hydrogen) atoms. The molecule has 2 aromatic rings. The van der Waals surface area contributed by atoms with Gasteiger partial charge in [0.05, 0.1) is 6.04 Å². The van der Waals surface area contributed by atoms with Gasteiger partial charge in [0, 0.05) is 16.9 Å². The lowest BCUT2D eigenvalue weighted by Crippen LogP contribution is -2.14. The second kappa shape index (κ2) is 5.70. The van der Waals surface area contributed by atoms with Crippen LogP contribution in [0.1, 0.15) is 51.5 Å². The highest BCUT2D eigenvalue weighted by Gasteiger charge is 2.20. The summed E-state index contributed by atoms with van der Waals surface area (Å²) >= 11 is 1.44. The van der Waals surface area contributed by atoms with E-state index in [-0.39, 0.29) is 5.41 Å². The topological polar surface area (TPSA) is 37.8 Å². The summed E-state index contributed by atoms with van der Waals surface area (Å²) in [6, 6.07) is 10.8. The van der Waals surface area contributed by atoms with Crippen molar-refractivity contribution in [2.45, 2.75) is 45.6 Å². The molecular formula is C15H21N3S. The molecule has 1 unspecified atom stereocenters. The Morgan fingerprint density at radius 3 is 2.42 bits per heavy atom. The van der Waals surface area contributed by atoms with Gasteiger partial charge in [0.2, 0.25) is 5.13 Å². The second-order valence-electron chi connectivity index (χ2n) is 5.69. The van der Waals surface area contributed by atoms with E-state index in [2.05, 4.69) is 66.6 Å². The molecule has 0 saturated carbocycles. The van der Waals surface area contributed by atoms with E-state index in [1.54, 1.807) is 0 Å². The summed E-state index contributed by atoms with van der Waals surface area (Å²) in [5.41, 5.74) is 1.29. The Morgan fingerprint density at radius 1 is 1.21 bits per heavy atom. The van der Waals surface area contributed by atoms with E-state index >= 15 is 0 Å².